The summed E-state index contributed by atoms with van der Waals surface area (Å²) in [7, 11) is 0. The summed E-state index contributed by atoms with van der Waals surface area (Å²) in [4.78, 5) is 0. The van der Waals surface area contributed by atoms with Gasteiger partial charge in [-0.1, -0.05) is 84.4 Å². The Hall–Kier alpha value is -3.36. The number of nitrogens with zero attached hydrogens (tertiary/aromatic N) is 1. The molecule has 0 fully saturated rings. The maximum atomic E-state index is 3.74. The fourth-order valence-electron chi connectivity index (χ4n) is 6.06. The summed E-state index contributed by atoms with van der Waals surface area (Å²) in [6.45, 7) is 4.74. The van der Waals surface area contributed by atoms with Gasteiger partial charge in [-0.15, -0.1) is 0 Å². The molecule has 0 radical (unpaired) electrons. The minimum Gasteiger partial charge on any atom is -0.309 e. The van der Waals surface area contributed by atoms with Crippen LogP contribution in [0.3, 0.4) is 0 Å². The second-order valence-electron chi connectivity index (χ2n) is 10.3. The second-order valence-corrected chi connectivity index (χ2v) is 11.2. The average Bonchev–Trinajstić information content (AvgIpc) is 3.22. The summed E-state index contributed by atoms with van der Waals surface area (Å²) >= 11 is 3.74. The number of hydrogen-bond acceptors (Lipinski definition) is 0. The molecular weight excluding hydrogens is 490 g/mol. The van der Waals surface area contributed by atoms with Gasteiger partial charge >= 0.3 is 0 Å². The van der Waals surface area contributed by atoms with Crippen molar-refractivity contribution in [1.82, 2.24) is 4.57 Å². The van der Waals surface area contributed by atoms with Gasteiger partial charge in [-0.05, 0) is 88.7 Å². The Bertz CT molecular complexity index is 1710. The Kier molecular flexibility index (Phi) is 4.53. The molecule has 0 atom stereocenters. The fraction of sp³-hybridized carbons (Fsp3) is 0.152. The molecule has 35 heavy (non-hydrogen) atoms. The molecule has 2 aliphatic rings. The number of benzene rings is 4. The number of allylic oxidation sites excluding steroid dienone is 4. The van der Waals surface area contributed by atoms with Crippen LogP contribution in [0.25, 0.3) is 44.2 Å². The Morgan fingerprint density at radius 1 is 0.771 bits per heavy atom. The van der Waals surface area contributed by atoms with E-state index in [0.29, 0.717) is 0 Å². The van der Waals surface area contributed by atoms with Crippen molar-refractivity contribution in [1.29, 1.82) is 0 Å². The highest BCUT2D eigenvalue weighted by Gasteiger charge is 2.36. The first-order valence-corrected chi connectivity index (χ1v) is 13.2. The first-order valence-electron chi connectivity index (χ1n) is 12.4. The molecule has 0 saturated carbocycles. The predicted octanol–water partition coefficient (Wildman–Crippen LogP) is 9.59. The van der Waals surface area contributed by atoms with Crippen LogP contribution in [-0.2, 0) is 5.41 Å². The molecule has 0 saturated heterocycles. The van der Waals surface area contributed by atoms with Crippen LogP contribution < -0.4 is 0 Å². The minimum absolute atomic E-state index is 0.119. The standard InChI is InChI=1S/C33H26BrN/c1-33(2)28-20-25(34)14-16-31(28)35-30-15-13-23(21-9-5-3-6-10-21)17-26(30)27-18-24(19-29(33)32(27)35)22-11-7-4-8-12-22/h3-5,7-9,11-20H,6,10H2,1-2H3. The van der Waals surface area contributed by atoms with E-state index in [2.05, 4.69) is 131 Å². The topological polar surface area (TPSA) is 4.93 Å². The summed E-state index contributed by atoms with van der Waals surface area (Å²) in [6.07, 6.45) is 8.95. The predicted molar refractivity (Wildman–Crippen MR) is 152 cm³/mol. The van der Waals surface area contributed by atoms with E-state index < -0.39 is 0 Å². The lowest BCUT2D eigenvalue weighted by molar-refractivity contribution is 0.630. The molecule has 0 bridgehead atoms. The number of hydrogen-bond donors (Lipinski definition) is 0. The van der Waals surface area contributed by atoms with Crippen molar-refractivity contribution in [3.8, 4) is 16.8 Å². The normalized spacial score (nSPS) is 15.9. The molecule has 2 heteroatoms. The molecular formula is C33H26BrN. The third kappa shape index (κ3) is 3.06. The van der Waals surface area contributed by atoms with E-state index >= 15 is 0 Å². The molecule has 1 nitrogen and oxygen atoms in total. The van der Waals surface area contributed by atoms with Crippen molar-refractivity contribution in [2.45, 2.75) is 32.1 Å². The number of rotatable bonds is 2. The molecule has 1 aliphatic carbocycles. The number of fused-ring (bicyclic) bond motifs is 5. The van der Waals surface area contributed by atoms with E-state index in [4.69, 9.17) is 0 Å². The summed E-state index contributed by atoms with van der Waals surface area (Å²) in [5.74, 6) is 0. The Morgan fingerprint density at radius 3 is 2.40 bits per heavy atom. The average molecular weight is 516 g/mol. The molecule has 2 heterocycles. The van der Waals surface area contributed by atoms with Gasteiger partial charge in [0, 0.05) is 20.7 Å². The van der Waals surface area contributed by atoms with Crippen molar-refractivity contribution in [2.75, 3.05) is 0 Å². The smallest absolute Gasteiger partial charge is 0.0582 e. The van der Waals surface area contributed by atoms with Crippen molar-refractivity contribution >= 4 is 43.3 Å². The number of halogens is 1. The molecule has 0 spiro atoms. The van der Waals surface area contributed by atoms with E-state index in [-0.39, 0.29) is 5.41 Å². The fourth-order valence-corrected chi connectivity index (χ4v) is 6.42. The van der Waals surface area contributed by atoms with E-state index in [1.807, 2.05) is 0 Å². The van der Waals surface area contributed by atoms with Crippen LogP contribution in [-0.4, -0.2) is 4.57 Å². The maximum absolute atomic E-state index is 3.74. The Labute approximate surface area is 214 Å². The SMILES string of the molecule is CC1(C)c2cc(Br)ccc2-n2c3ccc(C4=CC=CCC4)cc3c3cc(-c4ccccc4)cc1c32. The zero-order valence-electron chi connectivity index (χ0n) is 20.0. The van der Waals surface area contributed by atoms with Gasteiger partial charge < -0.3 is 4.57 Å². The van der Waals surface area contributed by atoms with E-state index in [1.165, 1.54) is 60.9 Å². The molecule has 170 valence electrons. The quantitative estimate of drug-likeness (QED) is 0.220. The van der Waals surface area contributed by atoms with E-state index in [9.17, 15) is 0 Å². The molecule has 0 unspecified atom stereocenters. The molecule has 0 N–H and O–H groups in total. The van der Waals surface area contributed by atoms with E-state index in [0.717, 1.165) is 17.3 Å². The van der Waals surface area contributed by atoms with Crippen LogP contribution in [0.5, 0.6) is 0 Å². The van der Waals surface area contributed by atoms with Gasteiger partial charge in [0.05, 0.1) is 16.7 Å². The van der Waals surface area contributed by atoms with Gasteiger partial charge in [-0.3, -0.25) is 0 Å². The third-order valence-corrected chi connectivity index (χ3v) is 8.39. The molecule has 7 rings (SSSR count). The van der Waals surface area contributed by atoms with Gasteiger partial charge in [0.1, 0.15) is 0 Å². The first-order chi connectivity index (χ1) is 17.0. The van der Waals surface area contributed by atoms with Crippen LogP contribution >= 0.6 is 15.9 Å². The summed E-state index contributed by atoms with van der Waals surface area (Å²) in [5.41, 5.74) is 11.8. The first kappa shape index (κ1) is 21.0. The second kappa shape index (κ2) is 7.57. The Balaban J connectivity index is 1.63. The highest BCUT2D eigenvalue weighted by molar-refractivity contribution is 9.10. The lowest BCUT2D eigenvalue weighted by atomic mass is 9.74. The largest absolute Gasteiger partial charge is 0.309 e. The molecule has 5 aromatic rings. The zero-order chi connectivity index (χ0) is 23.7. The van der Waals surface area contributed by atoms with Crippen molar-refractivity contribution in [2.24, 2.45) is 0 Å². The third-order valence-electron chi connectivity index (χ3n) is 7.90. The van der Waals surface area contributed by atoms with Crippen LogP contribution in [0, 0.1) is 0 Å². The van der Waals surface area contributed by atoms with Gasteiger partial charge in [0.2, 0.25) is 0 Å². The zero-order valence-corrected chi connectivity index (χ0v) is 21.6. The monoisotopic (exact) mass is 515 g/mol. The van der Waals surface area contributed by atoms with Gasteiger partial charge in [0.15, 0.2) is 0 Å². The highest BCUT2D eigenvalue weighted by Crippen LogP contribution is 2.49. The van der Waals surface area contributed by atoms with Crippen LogP contribution in [0.2, 0.25) is 0 Å². The van der Waals surface area contributed by atoms with Gasteiger partial charge in [0.25, 0.3) is 0 Å². The maximum Gasteiger partial charge on any atom is 0.0582 e. The molecule has 0 amide bonds. The van der Waals surface area contributed by atoms with Crippen molar-refractivity contribution in [3.63, 3.8) is 0 Å². The lowest BCUT2D eigenvalue weighted by Gasteiger charge is -2.35. The van der Waals surface area contributed by atoms with Crippen LogP contribution in [0.1, 0.15) is 43.4 Å². The highest BCUT2D eigenvalue weighted by atomic mass is 79.9. The minimum atomic E-state index is -0.119. The summed E-state index contributed by atoms with van der Waals surface area (Å²) < 4.78 is 3.63. The lowest BCUT2D eigenvalue weighted by Crippen LogP contribution is -2.26. The van der Waals surface area contributed by atoms with Gasteiger partial charge in [-0.2, -0.15) is 0 Å². The van der Waals surface area contributed by atoms with Crippen LogP contribution in [0.4, 0.5) is 0 Å². The summed E-state index contributed by atoms with van der Waals surface area (Å²) in [6, 6.07) is 29.4. The van der Waals surface area contributed by atoms with E-state index in [1.54, 1.807) is 0 Å². The van der Waals surface area contributed by atoms with Crippen molar-refractivity contribution in [3.05, 3.63) is 118 Å². The van der Waals surface area contributed by atoms with Crippen LogP contribution in [0.15, 0.2) is 102 Å². The van der Waals surface area contributed by atoms with Crippen molar-refractivity contribution < 1.29 is 0 Å². The molecule has 1 aromatic heterocycles. The number of aromatic nitrogens is 1. The molecule has 4 aromatic carbocycles. The Morgan fingerprint density at radius 2 is 1.60 bits per heavy atom. The van der Waals surface area contributed by atoms with Gasteiger partial charge in [-0.25, -0.2) is 0 Å². The summed E-state index contributed by atoms with van der Waals surface area (Å²) in [5, 5.41) is 2.67. The molecule has 1 aliphatic heterocycles.